The highest BCUT2D eigenvalue weighted by Gasteiger charge is 2.33. The SMILES string of the molecule is COc1ccc([C@H]2CCN(C(=O)C3CCC3)C2)cc1. The van der Waals surface area contributed by atoms with Crippen LogP contribution in [0.4, 0.5) is 0 Å². The first-order chi connectivity index (χ1) is 9.28. The average Bonchev–Trinajstić information content (AvgIpc) is 2.86. The lowest BCUT2D eigenvalue weighted by Gasteiger charge is -2.29. The predicted octanol–water partition coefficient (Wildman–Crippen LogP) is 2.81. The number of rotatable bonds is 3. The minimum absolute atomic E-state index is 0.328. The molecule has 0 spiro atoms. The summed E-state index contributed by atoms with van der Waals surface area (Å²) in [5, 5.41) is 0. The lowest BCUT2D eigenvalue weighted by Crippen LogP contribution is -2.37. The Hall–Kier alpha value is -1.51. The van der Waals surface area contributed by atoms with Crippen molar-refractivity contribution in [3.8, 4) is 5.75 Å². The number of carbonyl (C=O) groups is 1. The number of amides is 1. The number of carbonyl (C=O) groups excluding carboxylic acids is 1. The van der Waals surface area contributed by atoms with E-state index in [4.69, 9.17) is 4.74 Å². The molecular formula is C16H21NO2. The highest BCUT2D eigenvalue weighted by molar-refractivity contribution is 5.80. The maximum atomic E-state index is 12.2. The second kappa shape index (κ2) is 5.24. The third-order valence-electron chi connectivity index (χ3n) is 4.54. The lowest BCUT2D eigenvalue weighted by molar-refractivity contribution is -0.137. The minimum atomic E-state index is 0.328. The summed E-state index contributed by atoms with van der Waals surface area (Å²) in [7, 11) is 1.68. The Morgan fingerprint density at radius 3 is 2.53 bits per heavy atom. The van der Waals surface area contributed by atoms with Gasteiger partial charge in [0.25, 0.3) is 0 Å². The lowest BCUT2D eigenvalue weighted by atomic mass is 9.84. The number of hydrogen-bond donors (Lipinski definition) is 0. The zero-order valence-electron chi connectivity index (χ0n) is 11.5. The van der Waals surface area contributed by atoms with E-state index in [2.05, 4.69) is 17.0 Å². The van der Waals surface area contributed by atoms with Crippen molar-refractivity contribution < 1.29 is 9.53 Å². The van der Waals surface area contributed by atoms with E-state index in [1.807, 2.05) is 12.1 Å². The van der Waals surface area contributed by atoms with Gasteiger partial charge < -0.3 is 9.64 Å². The van der Waals surface area contributed by atoms with Crippen LogP contribution in [0.15, 0.2) is 24.3 Å². The second-order valence-electron chi connectivity index (χ2n) is 5.67. The van der Waals surface area contributed by atoms with Crippen molar-refractivity contribution in [3.63, 3.8) is 0 Å². The Balaban J connectivity index is 1.62. The highest BCUT2D eigenvalue weighted by Crippen LogP contribution is 2.33. The molecule has 1 aliphatic carbocycles. The molecule has 1 amide bonds. The Kier molecular flexibility index (Phi) is 3.45. The van der Waals surface area contributed by atoms with Crippen LogP contribution < -0.4 is 4.74 Å². The van der Waals surface area contributed by atoms with E-state index in [1.54, 1.807) is 7.11 Å². The molecule has 2 aliphatic rings. The first kappa shape index (κ1) is 12.5. The van der Waals surface area contributed by atoms with E-state index in [0.29, 0.717) is 17.7 Å². The van der Waals surface area contributed by atoms with Crippen LogP contribution >= 0.6 is 0 Å². The summed E-state index contributed by atoms with van der Waals surface area (Å²) >= 11 is 0. The number of methoxy groups -OCH3 is 1. The standard InChI is InChI=1S/C16H21NO2/c1-19-15-7-5-12(6-8-15)14-9-10-17(11-14)16(18)13-3-2-4-13/h5-8,13-14H,2-4,9-11H2,1H3/t14-/m0/s1. The Labute approximate surface area is 114 Å². The molecule has 1 aliphatic heterocycles. The minimum Gasteiger partial charge on any atom is -0.497 e. The molecule has 19 heavy (non-hydrogen) atoms. The molecule has 1 aromatic carbocycles. The zero-order chi connectivity index (χ0) is 13.2. The highest BCUT2D eigenvalue weighted by atomic mass is 16.5. The van der Waals surface area contributed by atoms with Gasteiger partial charge in [-0.25, -0.2) is 0 Å². The first-order valence-corrected chi connectivity index (χ1v) is 7.20. The van der Waals surface area contributed by atoms with Gasteiger partial charge in [-0.15, -0.1) is 0 Å². The van der Waals surface area contributed by atoms with Gasteiger partial charge in [-0.3, -0.25) is 4.79 Å². The topological polar surface area (TPSA) is 29.5 Å². The van der Waals surface area contributed by atoms with E-state index in [0.717, 1.165) is 38.1 Å². The number of ether oxygens (including phenoxy) is 1. The smallest absolute Gasteiger partial charge is 0.225 e. The van der Waals surface area contributed by atoms with Crippen LogP contribution in [0.1, 0.15) is 37.2 Å². The molecule has 0 bridgehead atoms. The van der Waals surface area contributed by atoms with Crippen LogP contribution in [-0.4, -0.2) is 31.0 Å². The summed E-state index contributed by atoms with van der Waals surface area (Å²) in [5.74, 6) is 2.11. The van der Waals surface area contributed by atoms with Gasteiger partial charge in [0.2, 0.25) is 5.91 Å². The van der Waals surface area contributed by atoms with Crippen LogP contribution in [0.3, 0.4) is 0 Å². The summed E-state index contributed by atoms with van der Waals surface area (Å²) in [6.45, 7) is 1.81. The van der Waals surface area contributed by atoms with Crippen LogP contribution in [0.5, 0.6) is 5.75 Å². The number of benzene rings is 1. The maximum absolute atomic E-state index is 12.2. The van der Waals surface area contributed by atoms with Gasteiger partial charge in [0.15, 0.2) is 0 Å². The molecule has 1 aromatic rings. The van der Waals surface area contributed by atoms with Crippen molar-refractivity contribution in [3.05, 3.63) is 29.8 Å². The molecular weight excluding hydrogens is 238 g/mol. The largest absolute Gasteiger partial charge is 0.497 e. The molecule has 2 fully saturated rings. The molecule has 3 heteroatoms. The van der Waals surface area contributed by atoms with Crippen molar-refractivity contribution in [2.75, 3.05) is 20.2 Å². The summed E-state index contributed by atoms with van der Waals surface area (Å²) in [5.41, 5.74) is 1.32. The average molecular weight is 259 g/mol. The van der Waals surface area contributed by atoms with Crippen molar-refractivity contribution in [1.29, 1.82) is 0 Å². The molecule has 0 radical (unpaired) electrons. The number of likely N-dealkylation sites (tertiary alicyclic amines) is 1. The predicted molar refractivity (Wildman–Crippen MR) is 74.3 cm³/mol. The van der Waals surface area contributed by atoms with Crippen molar-refractivity contribution in [1.82, 2.24) is 4.90 Å². The maximum Gasteiger partial charge on any atom is 0.225 e. The van der Waals surface area contributed by atoms with Gasteiger partial charge in [-0.05, 0) is 37.0 Å². The van der Waals surface area contributed by atoms with Crippen LogP contribution in [0.2, 0.25) is 0 Å². The number of hydrogen-bond acceptors (Lipinski definition) is 2. The normalized spacial score (nSPS) is 23.2. The Morgan fingerprint density at radius 2 is 1.95 bits per heavy atom. The Morgan fingerprint density at radius 1 is 1.21 bits per heavy atom. The summed E-state index contributed by atoms with van der Waals surface area (Å²) in [6.07, 6.45) is 4.52. The molecule has 1 saturated heterocycles. The van der Waals surface area contributed by atoms with E-state index < -0.39 is 0 Å². The molecule has 0 unspecified atom stereocenters. The van der Waals surface area contributed by atoms with Gasteiger partial charge in [0.05, 0.1) is 7.11 Å². The number of nitrogens with zero attached hydrogens (tertiary/aromatic N) is 1. The summed E-state index contributed by atoms with van der Waals surface area (Å²) in [4.78, 5) is 14.3. The second-order valence-corrected chi connectivity index (χ2v) is 5.67. The fourth-order valence-electron chi connectivity index (χ4n) is 3.02. The zero-order valence-corrected chi connectivity index (χ0v) is 11.5. The van der Waals surface area contributed by atoms with E-state index >= 15 is 0 Å². The summed E-state index contributed by atoms with van der Waals surface area (Å²) < 4.78 is 5.18. The molecule has 3 rings (SSSR count). The molecule has 0 N–H and O–H groups in total. The fourth-order valence-corrected chi connectivity index (χ4v) is 3.02. The van der Waals surface area contributed by atoms with Crippen molar-refractivity contribution in [2.24, 2.45) is 5.92 Å². The monoisotopic (exact) mass is 259 g/mol. The summed E-state index contributed by atoms with van der Waals surface area (Å²) in [6, 6.07) is 8.26. The van der Waals surface area contributed by atoms with Crippen LogP contribution in [0.25, 0.3) is 0 Å². The van der Waals surface area contributed by atoms with Gasteiger partial charge in [-0.2, -0.15) is 0 Å². The van der Waals surface area contributed by atoms with Gasteiger partial charge in [0, 0.05) is 24.9 Å². The first-order valence-electron chi connectivity index (χ1n) is 7.20. The fraction of sp³-hybridized carbons (Fsp3) is 0.562. The molecule has 0 aromatic heterocycles. The quantitative estimate of drug-likeness (QED) is 0.835. The Bertz CT molecular complexity index is 450. The van der Waals surface area contributed by atoms with E-state index in [1.165, 1.54) is 12.0 Å². The van der Waals surface area contributed by atoms with Gasteiger partial charge in [-0.1, -0.05) is 18.6 Å². The van der Waals surface area contributed by atoms with Gasteiger partial charge in [0.1, 0.15) is 5.75 Å². The molecule has 1 atom stereocenters. The molecule has 3 nitrogen and oxygen atoms in total. The third-order valence-corrected chi connectivity index (χ3v) is 4.54. The van der Waals surface area contributed by atoms with Crippen LogP contribution in [-0.2, 0) is 4.79 Å². The molecule has 102 valence electrons. The third kappa shape index (κ3) is 2.46. The van der Waals surface area contributed by atoms with Gasteiger partial charge >= 0.3 is 0 Å². The van der Waals surface area contributed by atoms with E-state index in [9.17, 15) is 4.79 Å². The van der Waals surface area contributed by atoms with Crippen LogP contribution in [0, 0.1) is 5.92 Å². The molecule has 1 saturated carbocycles. The molecule has 1 heterocycles. The van der Waals surface area contributed by atoms with E-state index in [-0.39, 0.29) is 0 Å². The van der Waals surface area contributed by atoms with Crippen molar-refractivity contribution >= 4 is 5.91 Å². The van der Waals surface area contributed by atoms with Crippen molar-refractivity contribution in [2.45, 2.75) is 31.6 Å².